The maximum Gasteiger partial charge on any atom is 0.306 e. The molecule has 3 unspecified atom stereocenters. The van der Waals surface area contributed by atoms with Gasteiger partial charge in [0.2, 0.25) is 0 Å². The predicted molar refractivity (Wildman–Crippen MR) is 66.6 cm³/mol. The van der Waals surface area contributed by atoms with Crippen LogP contribution in [0.3, 0.4) is 0 Å². The molecule has 1 saturated carbocycles. The van der Waals surface area contributed by atoms with Crippen LogP contribution in [0, 0.1) is 0 Å². The Bertz CT molecular complexity index is 284. The number of rotatable bonds is 4. The number of nitrogens with zero attached hydrogens (tertiary/aromatic N) is 1. The van der Waals surface area contributed by atoms with E-state index < -0.39 is 5.97 Å². The van der Waals surface area contributed by atoms with Crippen LogP contribution in [-0.2, 0) is 14.3 Å². The van der Waals surface area contributed by atoms with Gasteiger partial charge in [-0.05, 0) is 25.7 Å². The van der Waals surface area contributed by atoms with Gasteiger partial charge >= 0.3 is 5.97 Å². The van der Waals surface area contributed by atoms with E-state index >= 15 is 0 Å². The van der Waals surface area contributed by atoms with Crippen molar-refractivity contribution >= 4 is 5.97 Å². The molecule has 0 spiro atoms. The highest BCUT2D eigenvalue weighted by Gasteiger charge is 2.31. The third-order valence-electron chi connectivity index (χ3n) is 4.02. The molecule has 5 nitrogen and oxygen atoms in total. The molecule has 0 radical (unpaired) electrons. The number of methoxy groups -OCH3 is 1. The molecule has 2 fully saturated rings. The van der Waals surface area contributed by atoms with E-state index in [1.807, 2.05) is 0 Å². The lowest BCUT2D eigenvalue weighted by Gasteiger charge is -2.41. The zero-order chi connectivity index (χ0) is 13.0. The van der Waals surface area contributed by atoms with E-state index in [9.17, 15) is 4.79 Å². The quantitative estimate of drug-likeness (QED) is 0.818. The first-order chi connectivity index (χ1) is 8.69. The van der Waals surface area contributed by atoms with Crippen LogP contribution >= 0.6 is 0 Å². The Morgan fingerprint density at radius 1 is 1.50 bits per heavy atom. The summed E-state index contributed by atoms with van der Waals surface area (Å²) in [5.74, 6) is -0.778. The largest absolute Gasteiger partial charge is 0.481 e. The SMILES string of the molecule is COC1CCCC(N2CCOC(CC(=O)O)C2)C1. The van der Waals surface area contributed by atoms with E-state index in [0.717, 1.165) is 25.9 Å². The van der Waals surface area contributed by atoms with Crippen LogP contribution in [0.5, 0.6) is 0 Å². The van der Waals surface area contributed by atoms with E-state index in [-0.39, 0.29) is 12.5 Å². The third kappa shape index (κ3) is 3.67. The Labute approximate surface area is 108 Å². The lowest BCUT2D eigenvalue weighted by Crippen LogP contribution is -2.50. The minimum absolute atomic E-state index is 0.108. The van der Waals surface area contributed by atoms with Crippen LogP contribution in [0.1, 0.15) is 32.1 Å². The second-order valence-electron chi connectivity index (χ2n) is 5.26. The topological polar surface area (TPSA) is 59.0 Å². The van der Waals surface area contributed by atoms with E-state index in [1.165, 1.54) is 12.8 Å². The number of carboxylic acids is 1. The van der Waals surface area contributed by atoms with Crippen molar-refractivity contribution in [2.24, 2.45) is 0 Å². The molecular weight excluding hydrogens is 234 g/mol. The van der Waals surface area contributed by atoms with Crippen LogP contribution < -0.4 is 0 Å². The molecule has 0 amide bonds. The van der Waals surface area contributed by atoms with Crippen molar-refractivity contribution in [1.82, 2.24) is 4.90 Å². The number of ether oxygens (including phenoxy) is 2. The van der Waals surface area contributed by atoms with Gasteiger partial charge < -0.3 is 14.6 Å². The normalized spacial score (nSPS) is 34.4. The van der Waals surface area contributed by atoms with Gasteiger partial charge in [-0.2, -0.15) is 0 Å². The maximum atomic E-state index is 10.7. The van der Waals surface area contributed by atoms with E-state index in [0.29, 0.717) is 18.8 Å². The molecule has 5 heteroatoms. The summed E-state index contributed by atoms with van der Waals surface area (Å²) in [4.78, 5) is 13.1. The zero-order valence-electron chi connectivity index (χ0n) is 11.0. The summed E-state index contributed by atoms with van der Waals surface area (Å²) in [6.07, 6.45) is 4.93. The fraction of sp³-hybridized carbons (Fsp3) is 0.923. The summed E-state index contributed by atoms with van der Waals surface area (Å²) >= 11 is 0. The highest BCUT2D eigenvalue weighted by atomic mass is 16.5. The van der Waals surface area contributed by atoms with Gasteiger partial charge in [-0.1, -0.05) is 0 Å². The van der Waals surface area contributed by atoms with Gasteiger partial charge in [0.05, 0.1) is 25.2 Å². The molecule has 3 atom stereocenters. The number of hydrogen-bond donors (Lipinski definition) is 1. The summed E-state index contributed by atoms with van der Waals surface area (Å²) in [5.41, 5.74) is 0. The van der Waals surface area contributed by atoms with E-state index in [2.05, 4.69) is 4.90 Å². The van der Waals surface area contributed by atoms with E-state index in [4.69, 9.17) is 14.6 Å². The molecule has 2 rings (SSSR count). The van der Waals surface area contributed by atoms with Crippen molar-refractivity contribution < 1.29 is 19.4 Å². The molecule has 0 aromatic heterocycles. The summed E-state index contributed by atoms with van der Waals surface area (Å²) in [6.45, 7) is 2.30. The van der Waals surface area contributed by atoms with Crippen LogP contribution in [0.25, 0.3) is 0 Å². The first kappa shape index (κ1) is 13.8. The molecule has 2 aliphatic rings. The molecule has 1 N–H and O–H groups in total. The fourth-order valence-corrected chi connectivity index (χ4v) is 3.06. The highest BCUT2D eigenvalue weighted by molar-refractivity contribution is 5.67. The predicted octanol–water partition coefficient (Wildman–Crippen LogP) is 1.12. The Kier molecular flexibility index (Phi) is 4.97. The molecule has 1 saturated heterocycles. The van der Waals surface area contributed by atoms with Crippen molar-refractivity contribution in [3.8, 4) is 0 Å². The zero-order valence-corrected chi connectivity index (χ0v) is 11.0. The minimum Gasteiger partial charge on any atom is -0.481 e. The second-order valence-corrected chi connectivity index (χ2v) is 5.26. The average molecular weight is 257 g/mol. The molecule has 1 aliphatic heterocycles. The number of hydrogen-bond acceptors (Lipinski definition) is 4. The first-order valence-corrected chi connectivity index (χ1v) is 6.79. The second kappa shape index (κ2) is 6.50. The van der Waals surface area contributed by atoms with Gasteiger partial charge in [0, 0.05) is 26.2 Å². The molecule has 18 heavy (non-hydrogen) atoms. The Morgan fingerprint density at radius 2 is 2.33 bits per heavy atom. The van der Waals surface area contributed by atoms with Crippen LogP contribution in [0.15, 0.2) is 0 Å². The van der Waals surface area contributed by atoms with Crippen LogP contribution in [0.4, 0.5) is 0 Å². The van der Waals surface area contributed by atoms with Crippen LogP contribution in [-0.4, -0.2) is 61.0 Å². The summed E-state index contributed by atoms with van der Waals surface area (Å²) in [7, 11) is 1.78. The molecule has 104 valence electrons. The average Bonchev–Trinajstić information content (AvgIpc) is 2.38. The molecule has 0 aromatic rings. The Morgan fingerprint density at radius 3 is 3.06 bits per heavy atom. The molecule has 1 heterocycles. The lowest BCUT2D eigenvalue weighted by molar-refractivity contribution is -0.143. The minimum atomic E-state index is -0.778. The van der Waals surface area contributed by atoms with Gasteiger partial charge in [0.15, 0.2) is 0 Å². The lowest BCUT2D eigenvalue weighted by atomic mass is 9.91. The highest BCUT2D eigenvalue weighted by Crippen LogP contribution is 2.26. The smallest absolute Gasteiger partial charge is 0.306 e. The van der Waals surface area contributed by atoms with Crippen molar-refractivity contribution in [2.45, 2.75) is 50.4 Å². The van der Waals surface area contributed by atoms with Gasteiger partial charge in [-0.15, -0.1) is 0 Å². The van der Waals surface area contributed by atoms with Gasteiger partial charge in [-0.3, -0.25) is 9.69 Å². The van der Waals surface area contributed by atoms with Crippen molar-refractivity contribution in [3.05, 3.63) is 0 Å². The molecular formula is C13H23NO4. The number of morpholine rings is 1. The van der Waals surface area contributed by atoms with Crippen LogP contribution in [0.2, 0.25) is 0 Å². The van der Waals surface area contributed by atoms with Gasteiger partial charge in [-0.25, -0.2) is 0 Å². The van der Waals surface area contributed by atoms with Gasteiger partial charge in [0.25, 0.3) is 0 Å². The monoisotopic (exact) mass is 257 g/mol. The molecule has 0 aromatic carbocycles. The Balaban J connectivity index is 1.85. The first-order valence-electron chi connectivity index (χ1n) is 6.79. The summed E-state index contributed by atoms with van der Waals surface area (Å²) < 4.78 is 11.0. The standard InChI is InChI=1S/C13H23NO4/c1-17-11-4-2-3-10(7-11)14-5-6-18-12(9-14)8-13(15)16/h10-12H,2-9H2,1H3,(H,15,16). The third-order valence-corrected chi connectivity index (χ3v) is 4.02. The van der Waals surface area contributed by atoms with Crippen molar-refractivity contribution in [3.63, 3.8) is 0 Å². The Hall–Kier alpha value is -0.650. The summed E-state index contributed by atoms with van der Waals surface area (Å²) in [6, 6.07) is 0.531. The number of aliphatic carboxylic acids is 1. The van der Waals surface area contributed by atoms with Crippen molar-refractivity contribution in [1.29, 1.82) is 0 Å². The number of carboxylic acid groups (broad SMARTS) is 1. The maximum absolute atomic E-state index is 10.7. The molecule has 1 aliphatic carbocycles. The fourth-order valence-electron chi connectivity index (χ4n) is 3.06. The van der Waals surface area contributed by atoms with E-state index in [1.54, 1.807) is 7.11 Å². The molecule has 0 bridgehead atoms. The van der Waals surface area contributed by atoms with Crippen molar-refractivity contribution in [2.75, 3.05) is 26.8 Å². The van der Waals surface area contributed by atoms with Gasteiger partial charge in [0.1, 0.15) is 0 Å². The summed E-state index contributed by atoms with van der Waals surface area (Å²) in [5, 5.41) is 8.82. The number of carbonyl (C=O) groups is 1.